The van der Waals surface area contributed by atoms with E-state index >= 15 is 0 Å². The van der Waals surface area contributed by atoms with E-state index in [9.17, 15) is 18.4 Å². The SMILES string of the molecule is O=C(CC1COCCN1C(=O)c1cc(F)ccc1F)c1ccccc1. The van der Waals surface area contributed by atoms with Crippen LogP contribution < -0.4 is 0 Å². The van der Waals surface area contributed by atoms with Crippen molar-refractivity contribution in [1.29, 1.82) is 0 Å². The molecule has 0 aromatic heterocycles. The molecular formula is C19H17F2NO3. The highest BCUT2D eigenvalue weighted by molar-refractivity contribution is 5.98. The van der Waals surface area contributed by atoms with Crippen molar-refractivity contribution in [2.24, 2.45) is 0 Å². The second-order valence-electron chi connectivity index (χ2n) is 5.84. The number of benzene rings is 2. The van der Waals surface area contributed by atoms with Gasteiger partial charge in [-0.1, -0.05) is 30.3 Å². The summed E-state index contributed by atoms with van der Waals surface area (Å²) in [7, 11) is 0. The first kappa shape index (κ1) is 17.2. The molecule has 3 rings (SSSR count). The first-order chi connectivity index (χ1) is 12.1. The van der Waals surface area contributed by atoms with Gasteiger partial charge in [0, 0.05) is 18.5 Å². The van der Waals surface area contributed by atoms with E-state index in [1.54, 1.807) is 24.3 Å². The van der Waals surface area contributed by atoms with E-state index in [1.807, 2.05) is 6.07 Å². The van der Waals surface area contributed by atoms with Crippen molar-refractivity contribution in [3.8, 4) is 0 Å². The van der Waals surface area contributed by atoms with Gasteiger partial charge < -0.3 is 9.64 Å². The number of rotatable bonds is 4. The Hall–Kier alpha value is -2.60. The molecule has 1 fully saturated rings. The van der Waals surface area contributed by atoms with Crippen LogP contribution in [-0.4, -0.2) is 42.4 Å². The van der Waals surface area contributed by atoms with Crippen molar-refractivity contribution in [3.05, 3.63) is 71.3 Å². The van der Waals surface area contributed by atoms with Crippen LogP contribution in [0, 0.1) is 11.6 Å². The van der Waals surface area contributed by atoms with Gasteiger partial charge in [-0.15, -0.1) is 0 Å². The van der Waals surface area contributed by atoms with Crippen molar-refractivity contribution in [2.75, 3.05) is 19.8 Å². The predicted octanol–water partition coefficient (Wildman–Crippen LogP) is 3.08. The lowest BCUT2D eigenvalue weighted by atomic mass is 10.0. The van der Waals surface area contributed by atoms with E-state index in [0.29, 0.717) is 12.2 Å². The van der Waals surface area contributed by atoms with Crippen LogP contribution in [0.1, 0.15) is 27.1 Å². The Balaban J connectivity index is 1.80. The highest BCUT2D eigenvalue weighted by atomic mass is 19.1. The molecule has 0 radical (unpaired) electrons. The van der Waals surface area contributed by atoms with Gasteiger partial charge in [0.15, 0.2) is 5.78 Å². The van der Waals surface area contributed by atoms with Crippen LogP contribution >= 0.6 is 0 Å². The van der Waals surface area contributed by atoms with Gasteiger partial charge in [-0.2, -0.15) is 0 Å². The zero-order valence-electron chi connectivity index (χ0n) is 13.5. The lowest BCUT2D eigenvalue weighted by Crippen LogP contribution is -2.49. The van der Waals surface area contributed by atoms with Crippen LogP contribution in [0.15, 0.2) is 48.5 Å². The molecule has 0 aliphatic carbocycles. The van der Waals surface area contributed by atoms with Crippen LogP contribution in [0.3, 0.4) is 0 Å². The number of carbonyl (C=O) groups excluding carboxylic acids is 2. The van der Waals surface area contributed by atoms with Crippen LogP contribution in [0.2, 0.25) is 0 Å². The minimum absolute atomic E-state index is 0.0622. The van der Waals surface area contributed by atoms with Crippen LogP contribution in [-0.2, 0) is 4.74 Å². The Kier molecular flexibility index (Phi) is 5.19. The molecule has 1 aliphatic heterocycles. The molecule has 1 heterocycles. The van der Waals surface area contributed by atoms with Crippen LogP contribution in [0.4, 0.5) is 8.78 Å². The molecule has 2 aromatic rings. The van der Waals surface area contributed by atoms with Gasteiger partial charge in [-0.3, -0.25) is 9.59 Å². The van der Waals surface area contributed by atoms with E-state index < -0.39 is 23.6 Å². The Morgan fingerprint density at radius 2 is 1.88 bits per heavy atom. The minimum atomic E-state index is -0.786. The van der Waals surface area contributed by atoms with Gasteiger partial charge in [-0.05, 0) is 18.2 Å². The maximum absolute atomic E-state index is 13.9. The second kappa shape index (κ2) is 7.53. The third-order valence-corrected chi connectivity index (χ3v) is 4.16. The molecule has 1 unspecified atom stereocenters. The summed E-state index contributed by atoms with van der Waals surface area (Å²) in [6, 6.07) is 11.0. The van der Waals surface area contributed by atoms with Crippen LogP contribution in [0.5, 0.6) is 0 Å². The van der Waals surface area contributed by atoms with E-state index in [4.69, 9.17) is 4.74 Å². The van der Waals surface area contributed by atoms with E-state index in [2.05, 4.69) is 0 Å². The van der Waals surface area contributed by atoms with E-state index in [0.717, 1.165) is 18.2 Å². The summed E-state index contributed by atoms with van der Waals surface area (Å²) in [6.07, 6.45) is 0.0622. The van der Waals surface area contributed by atoms with Crippen molar-refractivity contribution in [1.82, 2.24) is 4.90 Å². The third-order valence-electron chi connectivity index (χ3n) is 4.16. The molecular weight excluding hydrogens is 328 g/mol. The number of morpholine rings is 1. The molecule has 0 saturated carbocycles. The predicted molar refractivity (Wildman–Crippen MR) is 87.4 cm³/mol. The summed E-state index contributed by atoms with van der Waals surface area (Å²) in [5, 5.41) is 0. The quantitative estimate of drug-likeness (QED) is 0.800. The Bertz CT molecular complexity index is 779. The Morgan fingerprint density at radius 3 is 2.64 bits per heavy atom. The zero-order chi connectivity index (χ0) is 17.8. The first-order valence-electron chi connectivity index (χ1n) is 7.98. The number of hydrogen-bond acceptors (Lipinski definition) is 3. The largest absolute Gasteiger partial charge is 0.377 e. The molecule has 1 amide bonds. The van der Waals surface area contributed by atoms with Gasteiger partial charge in [0.1, 0.15) is 11.6 Å². The van der Waals surface area contributed by atoms with Crippen molar-refractivity contribution in [3.63, 3.8) is 0 Å². The Labute approximate surface area is 144 Å². The standard InChI is InChI=1S/C19H17F2NO3/c20-14-6-7-17(21)16(10-14)19(24)22-8-9-25-12-15(22)11-18(23)13-4-2-1-3-5-13/h1-7,10,15H,8-9,11-12H2. The molecule has 1 saturated heterocycles. The van der Waals surface area contributed by atoms with E-state index in [-0.39, 0.29) is 30.9 Å². The monoisotopic (exact) mass is 345 g/mol. The fourth-order valence-electron chi connectivity index (χ4n) is 2.86. The van der Waals surface area contributed by atoms with Crippen molar-refractivity contribution >= 4 is 11.7 Å². The summed E-state index contributed by atoms with van der Waals surface area (Å²) in [6.45, 7) is 0.696. The van der Waals surface area contributed by atoms with Gasteiger partial charge in [0.2, 0.25) is 0 Å². The van der Waals surface area contributed by atoms with Crippen molar-refractivity contribution in [2.45, 2.75) is 12.5 Å². The molecule has 25 heavy (non-hydrogen) atoms. The number of ketones is 1. The number of halogens is 2. The van der Waals surface area contributed by atoms with E-state index in [1.165, 1.54) is 4.90 Å². The summed E-state index contributed by atoms with van der Waals surface area (Å²) in [5.74, 6) is -2.24. The molecule has 0 spiro atoms. The van der Waals surface area contributed by atoms with Gasteiger partial charge >= 0.3 is 0 Å². The van der Waals surface area contributed by atoms with Gasteiger partial charge in [0.05, 0.1) is 24.8 Å². The summed E-state index contributed by atoms with van der Waals surface area (Å²) in [4.78, 5) is 26.5. The Morgan fingerprint density at radius 1 is 1.12 bits per heavy atom. The van der Waals surface area contributed by atoms with Gasteiger partial charge in [-0.25, -0.2) is 8.78 Å². The topological polar surface area (TPSA) is 46.6 Å². The molecule has 1 atom stereocenters. The fraction of sp³-hybridized carbons (Fsp3) is 0.263. The molecule has 4 nitrogen and oxygen atoms in total. The molecule has 6 heteroatoms. The third kappa shape index (κ3) is 3.91. The average Bonchev–Trinajstić information content (AvgIpc) is 2.64. The number of nitrogens with zero attached hydrogens (tertiary/aromatic N) is 1. The first-order valence-corrected chi connectivity index (χ1v) is 7.98. The van der Waals surface area contributed by atoms with Gasteiger partial charge in [0.25, 0.3) is 5.91 Å². The highest BCUT2D eigenvalue weighted by Crippen LogP contribution is 2.19. The summed E-state index contributed by atoms with van der Waals surface area (Å²) in [5.41, 5.74) is 0.205. The summed E-state index contributed by atoms with van der Waals surface area (Å²) >= 11 is 0. The number of amides is 1. The number of ether oxygens (including phenoxy) is 1. The average molecular weight is 345 g/mol. The summed E-state index contributed by atoms with van der Waals surface area (Å²) < 4.78 is 32.7. The molecule has 130 valence electrons. The molecule has 1 aliphatic rings. The minimum Gasteiger partial charge on any atom is -0.377 e. The normalized spacial score (nSPS) is 17.4. The smallest absolute Gasteiger partial charge is 0.257 e. The maximum Gasteiger partial charge on any atom is 0.257 e. The second-order valence-corrected chi connectivity index (χ2v) is 5.84. The number of carbonyl (C=O) groups is 2. The molecule has 0 N–H and O–H groups in total. The lowest BCUT2D eigenvalue weighted by molar-refractivity contribution is -0.00305. The molecule has 0 bridgehead atoms. The molecule has 2 aromatic carbocycles. The lowest BCUT2D eigenvalue weighted by Gasteiger charge is -2.35. The zero-order valence-corrected chi connectivity index (χ0v) is 13.5. The fourth-order valence-corrected chi connectivity index (χ4v) is 2.86. The number of hydrogen-bond donors (Lipinski definition) is 0. The highest BCUT2D eigenvalue weighted by Gasteiger charge is 2.31. The maximum atomic E-state index is 13.9. The van der Waals surface area contributed by atoms with Crippen LogP contribution in [0.25, 0.3) is 0 Å². The number of Topliss-reactive ketones (excluding diaryl/α,β-unsaturated/α-hetero) is 1. The van der Waals surface area contributed by atoms with Crippen molar-refractivity contribution < 1.29 is 23.1 Å².